The van der Waals surface area contributed by atoms with Crippen LogP contribution in [-0.4, -0.2) is 11.9 Å². The first-order valence-corrected chi connectivity index (χ1v) is 8.35. The molecule has 0 atom stereocenters. The van der Waals surface area contributed by atoms with Crippen molar-refractivity contribution in [2.45, 2.75) is 19.9 Å². The molecular formula is C14H12BrCl2NOS. The van der Waals surface area contributed by atoms with Gasteiger partial charge in [0.2, 0.25) is 0 Å². The number of rotatable bonds is 3. The van der Waals surface area contributed by atoms with Crippen LogP contribution >= 0.6 is 50.5 Å². The molecule has 1 amide bonds. The zero-order valence-corrected chi connectivity index (χ0v) is 14.8. The van der Waals surface area contributed by atoms with Gasteiger partial charge in [0.05, 0.1) is 20.1 Å². The SMILES string of the molecule is CC(C)N(C(=O)c1ccc(Cl)cc1Cl)c1csc(Br)c1. The summed E-state index contributed by atoms with van der Waals surface area (Å²) in [6.07, 6.45) is 0. The molecule has 0 aliphatic carbocycles. The van der Waals surface area contributed by atoms with Crippen LogP contribution in [0.25, 0.3) is 0 Å². The monoisotopic (exact) mass is 391 g/mol. The Balaban J connectivity index is 2.42. The maximum Gasteiger partial charge on any atom is 0.260 e. The van der Waals surface area contributed by atoms with Crippen LogP contribution in [0.2, 0.25) is 10.0 Å². The fourth-order valence-electron chi connectivity index (χ4n) is 1.87. The smallest absolute Gasteiger partial charge is 0.260 e. The van der Waals surface area contributed by atoms with Crippen LogP contribution in [0.5, 0.6) is 0 Å². The average molecular weight is 393 g/mol. The van der Waals surface area contributed by atoms with Crippen molar-refractivity contribution in [3.8, 4) is 0 Å². The first-order valence-electron chi connectivity index (χ1n) is 5.93. The number of hydrogen-bond acceptors (Lipinski definition) is 2. The van der Waals surface area contributed by atoms with Crippen LogP contribution in [0.15, 0.2) is 33.4 Å². The molecule has 20 heavy (non-hydrogen) atoms. The highest BCUT2D eigenvalue weighted by molar-refractivity contribution is 9.11. The van der Waals surface area contributed by atoms with E-state index in [1.807, 2.05) is 25.3 Å². The third kappa shape index (κ3) is 3.37. The molecular weight excluding hydrogens is 381 g/mol. The first kappa shape index (κ1) is 15.8. The van der Waals surface area contributed by atoms with Gasteiger partial charge < -0.3 is 4.90 Å². The van der Waals surface area contributed by atoms with E-state index in [1.165, 1.54) is 11.3 Å². The van der Waals surface area contributed by atoms with Gasteiger partial charge in [-0.15, -0.1) is 11.3 Å². The Kier molecular flexibility index (Phi) is 5.13. The fraction of sp³-hybridized carbons (Fsp3) is 0.214. The van der Waals surface area contributed by atoms with Crippen molar-refractivity contribution in [2.24, 2.45) is 0 Å². The van der Waals surface area contributed by atoms with Crippen LogP contribution in [0, 0.1) is 0 Å². The molecule has 0 unspecified atom stereocenters. The third-order valence-corrected chi connectivity index (χ3v) is 4.77. The van der Waals surface area contributed by atoms with Gasteiger partial charge in [0.15, 0.2) is 0 Å². The van der Waals surface area contributed by atoms with E-state index in [1.54, 1.807) is 23.1 Å². The van der Waals surface area contributed by atoms with Crippen molar-refractivity contribution < 1.29 is 4.79 Å². The van der Waals surface area contributed by atoms with Crippen molar-refractivity contribution in [3.63, 3.8) is 0 Å². The summed E-state index contributed by atoms with van der Waals surface area (Å²) in [4.78, 5) is 14.4. The molecule has 1 heterocycles. The van der Waals surface area contributed by atoms with Crippen LogP contribution in [0.3, 0.4) is 0 Å². The highest BCUT2D eigenvalue weighted by Gasteiger charge is 2.23. The number of halogens is 3. The minimum absolute atomic E-state index is 0.0238. The van der Waals surface area contributed by atoms with Gasteiger partial charge in [0.25, 0.3) is 5.91 Å². The molecule has 0 saturated heterocycles. The second-order valence-electron chi connectivity index (χ2n) is 4.50. The molecule has 0 saturated carbocycles. The number of carbonyl (C=O) groups is 1. The normalized spacial score (nSPS) is 10.9. The summed E-state index contributed by atoms with van der Waals surface area (Å²) in [6, 6.07) is 6.85. The predicted molar refractivity (Wildman–Crippen MR) is 90.4 cm³/mol. The van der Waals surface area contributed by atoms with Crippen molar-refractivity contribution in [3.05, 3.63) is 49.0 Å². The standard InChI is InChI=1S/C14H12BrCl2NOS/c1-8(2)18(10-6-13(15)20-7-10)14(19)11-4-3-9(16)5-12(11)17/h3-8H,1-2H3. The minimum atomic E-state index is -0.132. The molecule has 0 spiro atoms. The summed E-state index contributed by atoms with van der Waals surface area (Å²) >= 11 is 17.0. The largest absolute Gasteiger partial charge is 0.305 e. The van der Waals surface area contributed by atoms with E-state index in [2.05, 4.69) is 15.9 Å². The van der Waals surface area contributed by atoms with Crippen LogP contribution in [0.1, 0.15) is 24.2 Å². The molecule has 6 heteroatoms. The van der Waals surface area contributed by atoms with E-state index in [-0.39, 0.29) is 11.9 Å². The Labute approximate surface area is 140 Å². The second-order valence-corrected chi connectivity index (χ2v) is 7.64. The zero-order valence-electron chi connectivity index (χ0n) is 10.9. The maximum atomic E-state index is 12.7. The Bertz CT molecular complexity index is 642. The van der Waals surface area contributed by atoms with Crippen molar-refractivity contribution >= 4 is 62.1 Å². The predicted octanol–water partition coefficient (Wildman–Crippen LogP) is 5.87. The Hall–Kier alpha value is -0.550. The van der Waals surface area contributed by atoms with E-state index >= 15 is 0 Å². The molecule has 0 radical (unpaired) electrons. The van der Waals surface area contributed by atoms with Gasteiger partial charge in [0, 0.05) is 16.4 Å². The third-order valence-electron chi connectivity index (χ3n) is 2.73. The average Bonchev–Trinajstić information content (AvgIpc) is 2.75. The number of anilines is 1. The molecule has 0 fully saturated rings. The Morgan fingerprint density at radius 3 is 2.50 bits per heavy atom. The van der Waals surface area contributed by atoms with Crippen molar-refractivity contribution in [1.29, 1.82) is 0 Å². The summed E-state index contributed by atoms with van der Waals surface area (Å²) in [5.41, 5.74) is 1.31. The number of hydrogen-bond donors (Lipinski definition) is 0. The van der Waals surface area contributed by atoms with Crippen LogP contribution in [0.4, 0.5) is 5.69 Å². The number of benzene rings is 1. The molecule has 2 nitrogen and oxygen atoms in total. The van der Waals surface area contributed by atoms with Gasteiger partial charge in [-0.1, -0.05) is 23.2 Å². The second kappa shape index (κ2) is 6.48. The molecule has 106 valence electrons. The summed E-state index contributed by atoms with van der Waals surface area (Å²) < 4.78 is 0.980. The lowest BCUT2D eigenvalue weighted by Gasteiger charge is -2.26. The van der Waals surface area contributed by atoms with Crippen LogP contribution in [-0.2, 0) is 0 Å². The first-order chi connectivity index (χ1) is 9.40. The number of nitrogens with zero attached hydrogens (tertiary/aromatic N) is 1. The van der Waals surface area contributed by atoms with Gasteiger partial charge in [-0.3, -0.25) is 4.79 Å². The quantitative estimate of drug-likeness (QED) is 0.639. The molecule has 1 aromatic carbocycles. The molecule has 2 rings (SSSR count). The lowest BCUT2D eigenvalue weighted by atomic mass is 10.1. The molecule has 0 aliphatic heterocycles. The van der Waals surface area contributed by atoms with E-state index in [9.17, 15) is 4.79 Å². The Morgan fingerprint density at radius 1 is 1.30 bits per heavy atom. The number of thiophene rings is 1. The minimum Gasteiger partial charge on any atom is -0.305 e. The van der Waals surface area contributed by atoms with Gasteiger partial charge in [-0.05, 0) is 54.0 Å². The van der Waals surface area contributed by atoms with E-state index in [4.69, 9.17) is 23.2 Å². The number of carbonyl (C=O) groups excluding carboxylic acids is 1. The van der Waals surface area contributed by atoms with E-state index in [0.29, 0.717) is 15.6 Å². The van der Waals surface area contributed by atoms with Crippen molar-refractivity contribution in [1.82, 2.24) is 0 Å². The van der Waals surface area contributed by atoms with Gasteiger partial charge in [0.1, 0.15) is 0 Å². The lowest BCUT2D eigenvalue weighted by Crippen LogP contribution is -2.36. The highest BCUT2D eigenvalue weighted by Crippen LogP contribution is 2.31. The van der Waals surface area contributed by atoms with Gasteiger partial charge in [-0.2, -0.15) is 0 Å². The summed E-state index contributed by atoms with van der Waals surface area (Å²) in [5.74, 6) is -0.132. The maximum absolute atomic E-state index is 12.7. The molecule has 0 N–H and O–H groups in total. The highest BCUT2D eigenvalue weighted by atomic mass is 79.9. The molecule has 0 aliphatic rings. The van der Waals surface area contributed by atoms with Gasteiger partial charge >= 0.3 is 0 Å². The molecule has 1 aromatic heterocycles. The fourth-order valence-corrected chi connectivity index (χ4v) is 3.48. The summed E-state index contributed by atoms with van der Waals surface area (Å²) in [7, 11) is 0. The topological polar surface area (TPSA) is 20.3 Å². The van der Waals surface area contributed by atoms with Crippen molar-refractivity contribution in [2.75, 3.05) is 4.90 Å². The number of amides is 1. The Morgan fingerprint density at radius 2 is 2.00 bits per heavy atom. The zero-order chi connectivity index (χ0) is 14.9. The van der Waals surface area contributed by atoms with E-state index in [0.717, 1.165) is 9.47 Å². The van der Waals surface area contributed by atoms with Crippen LogP contribution < -0.4 is 4.90 Å². The molecule has 2 aromatic rings. The van der Waals surface area contributed by atoms with Gasteiger partial charge in [-0.25, -0.2) is 0 Å². The molecule has 0 bridgehead atoms. The van der Waals surface area contributed by atoms with E-state index < -0.39 is 0 Å². The summed E-state index contributed by atoms with van der Waals surface area (Å²) in [5, 5.41) is 2.81. The lowest BCUT2D eigenvalue weighted by molar-refractivity contribution is 0.0980. The summed E-state index contributed by atoms with van der Waals surface area (Å²) in [6.45, 7) is 3.93.